The minimum absolute atomic E-state index is 0.531. The van der Waals surface area contributed by atoms with Crippen LogP contribution in [0.5, 0.6) is 0 Å². The molecule has 5 heteroatoms. The van der Waals surface area contributed by atoms with E-state index in [4.69, 9.17) is 4.74 Å². The lowest BCUT2D eigenvalue weighted by Crippen LogP contribution is -2.22. The number of rotatable bonds is 5. The third-order valence-electron chi connectivity index (χ3n) is 3.16. The van der Waals surface area contributed by atoms with E-state index in [0.717, 1.165) is 22.0 Å². The summed E-state index contributed by atoms with van der Waals surface area (Å²) in [6.45, 7) is 10.5. The number of aromatic nitrogens is 2. The van der Waals surface area contributed by atoms with Crippen molar-refractivity contribution in [3.63, 3.8) is 0 Å². The molecule has 0 aliphatic rings. The van der Waals surface area contributed by atoms with E-state index in [1.54, 1.807) is 0 Å². The number of benzene rings is 1. The van der Waals surface area contributed by atoms with Crippen LogP contribution in [0.4, 0.5) is 0 Å². The van der Waals surface area contributed by atoms with Crippen LogP contribution >= 0.6 is 15.9 Å². The Kier molecular flexibility index (Phi) is 4.48. The molecule has 2 rings (SSSR count). The predicted octanol–water partition coefficient (Wildman–Crippen LogP) is 4.42. The van der Waals surface area contributed by atoms with Gasteiger partial charge in [0.2, 0.25) is 0 Å². The summed E-state index contributed by atoms with van der Waals surface area (Å²) in [7, 11) is -1.01. The SMILES string of the molecule is Cc1ccc2c(cnn2COCC[Si](C)(C)C)c1Br. The molecule has 1 aromatic carbocycles. The van der Waals surface area contributed by atoms with Crippen molar-refractivity contribution >= 4 is 34.9 Å². The molecular formula is C14H21BrN2OSi. The molecule has 0 unspecified atom stereocenters. The average Bonchev–Trinajstić information content (AvgIpc) is 2.72. The summed E-state index contributed by atoms with van der Waals surface area (Å²) >= 11 is 3.61. The van der Waals surface area contributed by atoms with E-state index in [2.05, 4.69) is 59.7 Å². The number of fused-ring (bicyclic) bond motifs is 1. The van der Waals surface area contributed by atoms with Crippen molar-refractivity contribution in [2.45, 2.75) is 39.3 Å². The second kappa shape index (κ2) is 5.77. The van der Waals surface area contributed by atoms with Gasteiger partial charge >= 0.3 is 0 Å². The van der Waals surface area contributed by atoms with E-state index < -0.39 is 8.07 Å². The molecule has 0 amide bonds. The zero-order valence-corrected chi connectivity index (χ0v) is 14.6. The molecule has 0 spiro atoms. The lowest BCUT2D eigenvalue weighted by Gasteiger charge is -2.15. The number of hydrogen-bond donors (Lipinski definition) is 0. The molecule has 1 heterocycles. The number of nitrogens with zero attached hydrogens (tertiary/aromatic N) is 2. The Morgan fingerprint density at radius 3 is 2.74 bits per heavy atom. The van der Waals surface area contributed by atoms with Crippen LogP contribution in [0.15, 0.2) is 22.8 Å². The zero-order valence-electron chi connectivity index (χ0n) is 12.0. The fourth-order valence-corrected chi connectivity index (χ4v) is 3.06. The Morgan fingerprint density at radius 1 is 1.32 bits per heavy atom. The Hall–Kier alpha value is -0.653. The van der Waals surface area contributed by atoms with Crippen molar-refractivity contribution < 1.29 is 4.74 Å². The summed E-state index contributed by atoms with van der Waals surface area (Å²) in [6, 6.07) is 5.39. The van der Waals surface area contributed by atoms with Crippen LogP contribution < -0.4 is 0 Å². The fraction of sp³-hybridized carbons (Fsp3) is 0.500. The second-order valence-corrected chi connectivity index (χ2v) is 12.5. The van der Waals surface area contributed by atoms with Gasteiger partial charge in [0.1, 0.15) is 6.73 Å². The highest BCUT2D eigenvalue weighted by Gasteiger charge is 2.12. The normalized spacial score (nSPS) is 12.3. The van der Waals surface area contributed by atoms with Crippen molar-refractivity contribution in [1.82, 2.24) is 9.78 Å². The molecule has 104 valence electrons. The van der Waals surface area contributed by atoms with E-state index in [-0.39, 0.29) is 0 Å². The maximum absolute atomic E-state index is 5.75. The van der Waals surface area contributed by atoms with Gasteiger partial charge in [-0.3, -0.25) is 0 Å². The molecule has 0 bridgehead atoms. The first-order valence-electron chi connectivity index (χ1n) is 6.57. The summed E-state index contributed by atoms with van der Waals surface area (Å²) in [4.78, 5) is 0. The Balaban J connectivity index is 2.04. The van der Waals surface area contributed by atoms with Crippen molar-refractivity contribution in [3.05, 3.63) is 28.4 Å². The molecule has 3 nitrogen and oxygen atoms in total. The molecule has 0 aliphatic heterocycles. The largest absolute Gasteiger partial charge is 0.360 e. The zero-order chi connectivity index (χ0) is 14.0. The molecule has 0 aliphatic carbocycles. The average molecular weight is 341 g/mol. The summed E-state index contributed by atoms with van der Waals surface area (Å²) < 4.78 is 8.80. The highest BCUT2D eigenvalue weighted by molar-refractivity contribution is 9.10. The van der Waals surface area contributed by atoms with Crippen LogP contribution in [0.3, 0.4) is 0 Å². The molecule has 19 heavy (non-hydrogen) atoms. The van der Waals surface area contributed by atoms with Crippen LogP contribution in [0.25, 0.3) is 10.9 Å². The van der Waals surface area contributed by atoms with Crippen molar-refractivity contribution in [2.75, 3.05) is 6.61 Å². The van der Waals surface area contributed by atoms with Gasteiger partial charge in [-0.2, -0.15) is 5.10 Å². The van der Waals surface area contributed by atoms with Gasteiger partial charge in [0.25, 0.3) is 0 Å². The van der Waals surface area contributed by atoms with Gasteiger partial charge in [-0.25, -0.2) is 4.68 Å². The van der Waals surface area contributed by atoms with Crippen LogP contribution in [0.1, 0.15) is 5.56 Å². The van der Waals surface area contributed by atoms with Gasteiger partial charge in [-0.15, -0.1) is 0 Å². The van der Waals surface area contributed by atoms with Crippen LogP contribution in [-0.4, -0.2) is 24.5 Å². The maximum Gasteiger partial charge on any atom is 0.139 e. The first-order chi connectivity index (χ1) is 8.88. The van der Waals surface area contributed by atoms with E-state index in [1.165, 1.54) is 11.6 Å². The number of hydrogen-bond acceptors (Lipinski definition) is 2. The summed E-state index contributed by atoms with van der Waals surface area (Å²) in [5.41, 5.74) is 2.34. The second-order valence-electron chi connectivity index (χ2n) is 6.12. The summed E-state index contributed by atoms with van der Waals surface area (Å²) in [5.74, 6) is 0. The molecule has 0 saturated carbocycles. The molecule has 0 fully saturated rings. The highest BCUT2D eigenvalue weighted by atomic mass is 79.9. The monoisotopic (exact) mass is 340 g/mol. The van der Waals surface area contributed by atoms with Gasteiger partial charge in [0.15, 0.2) is 0 Å². The molecular weight excluding hydrogens is 320 g/mol. The lowest BCUT2D eigenvalue weighted by molar-refractivity contribution is 0.0817. The summed E-state index contributed by atoms with van der Waals surface area (Å²) in [6.07, 6.45) is 1.90. The molecule has 1 aromatic heterocycles. The van der Waals surface area contributed by atoms with Gasteiger partial charge < -0.3 is 4.74 Å². The molecule has 0 atom stereocenters. The van der Waals surface area contributed by atoms with Gasteiger partial charge in [0.05, 0.1) is 11.7 Å². The Labute approximate surface area is 124 Å². The van der Waals surface area contributed by atoms with Crippen molar-refractivity contribution in [1.29, 1.82) is 0 Å². The first kappa shape index (κ1) is 14.7. The van der Waals surface area contributed by atoms with Crippen LogP contribution in [0.2, 0.25) is 25.7 Å². The van der Waals surface area contributed by atoms with Gasteiger partial charge in [-0.05, 0) is 40.5 Å². The maximum atomic E-state index is 5.75. The van der Waals surface area contributed by atoms with E-state index in [0.29, 0.717) is 6.73 Å². The molecule has 0 saturated heterocycles. The van der Waals surface area contributed by atoms with Crippen LogP contribution in [-0.2, 0) is 11.5 Å². The van der Waals surface area contributed by atoms with Gasteiger partial charge in [0, 0.05) is 24.5 Å². The highest BCUT2D eigenvalue weighted by Crippen LogP contribution is 2.27. The molecule has 2 aromatic rings. The standard InChI is InChI=1S/C14H21BrN2OSi/c1-11-5-6-13-12(14(11)15)9-16-17(13)10-18-7-8-19(2,3)4/h5-6,9H,7-8,10H2,1-4H3. The predicted molar refractivity (Wildman–Crippen MR) is 86.3 cm³/mol. The van der Waals surface area contributed by atoms with Crippen molar-refractivity contribution in [2.24, 2.45) is 0 Å². The molecule has 0 N–H and O–H groups in total. The molecule has 0 radical (unpaired) electrons. The quantitative estimate of drug-likeness (QED) is 0.595. The smallest absolute Gasteiger partial charge is 0.139 e. The minimum Gasteiger partial charge on any atom is -0.360 e. The Bertz CT molecular complexity index is 575. The third kappa shape index (κ3) is 3.67. The minimum atomic E-state index is -1.01. The summed E-state index contributed by atoms with van der Waals surface area (Å²) in [5, 5.41) is 5.55. The van der Waals surface area contributed by atoms with Crippen LogP contribution in [0, 0.1) is 6.92 Å². The topological polar surface area (TPSA) is 27.1 Å². The first-order valence-corrected chi connectivity index (χ1v) is 11.1. The van der Waals surface area contributed by atoms with E-state index in [1.807, 2.05) is 10.9 Å². The number of aryl methyl sites for hydroxylation is 1. The lowest BCUT2D eigenvalue weighted by atomic mass is 10.2. The van der Waals surface area contributed by atoms with Gasteiger partial charge in [-0.1, -0.05) is 25.7 Å². The van der Waals surface area contributed by atoms with E-state index in [9.17, 15) is 0 Å². The van der Waals surface area contributed by atoms with E-state index >= 15 is 0 Å². The number of ether oxygens (including phenoxy) is 1. The Morgan fingerprint density at radius 2 is 2.05 bits per heavy atom. The van der Waals surface area contributed by atoms with Crippen molar-refractivity contribution in [3.8, 4) is 0 Å². The number of halogens is 1. The fourth-order valence-electron chi connectivity index (χ4n) is 1.86. The third-order valence-corrected chi connectivity index (χ3v) is 5.92.